The van der Waals surface area contributed by atoms with Crippen molar-refractivity contribution >= 4 is 50.1 Å². The molecule has 0 aliphatic heterocycles. The van der Waals surface area contributed by atoms with Gasteiger partial charge in [-0.05, 0) is 52.9 Å². The molecule has 0 radical (unpaired) electrons. The molecule has 1 aromatic heterocycles. The zero-order valence-electron chi connectivity index (χ0n) is 13.1. The molecule has 0 fully saturated rings. The number of primary amides is 1. The Morgan fingerprint density at radius 1 is 1.24 bits per heavy atom. The first-order valence-corrected chi connectivity index (χ1v) is 9.24. The molecular formula is C17H15BrN2O4S. The zero-order chi connectivity index (χ0) is 18.0. The lowest BCUT2D eigenvalue weighted by atomic mass is 10.1. The van der Waals surface area contributed by atoms with Gasteiger partial charge in [0, 0.05) is 9.35 Å². The maximum atomic E-state index is 12.1. The summed E-state index contributed by atoms with van der Waals surface area (Å²) in [5, 5.41) is 3.06. The van der Waals surface area contributed by atoms with E-state index in [4.69, 9.17) is 10.5 Å². The second kappa shape index (κ2) is 7.37. The van der Waals surface area contributed by atoms with Crippen LogP contribution in [0.15, 0.2) is 28.7 Å². The standard InChI is InChI=1S/C17H15BrN2O4S/c18-11-6-2-1-4-9(11)17(23)24-8-13(21)20-16-14(15(19)22)10-5-3-7-12(10)25-16/h1-2,4,6H,3,5,7-8H2,(H2,19,22)(H,20,21). The van der Waals surface area contributed by atoms with Crippen molar-refractivity contribution in [2.75, 3.05) is 11.9 Å². The van der Waals surface area contributed by atoms with Crippen LogP contribution in [0.25, 0.3) is 0 Å². The summed E-state index contributed by atoms with van der Waals surface area (Å²) in [5.41, 5.74) is 7.09. The highest BCUT2D eigenvalue weighted by Gasteiger charge is 2.26. The van der Waals surface area contributed by atoms with Gasteiger partial charge in [0.15, 0.2) is 6.61 Å². The molecular weight excluding hydrogens is 408 g/mol. The van der Waals surface area contributed by atoms with Crippen molar-refractivity contribution in [3.8, 4) is 0 Å². The number of nitrogens with two attached hydrogens (primary N) is 1. The normalized spacial score (nSPS) is 12.5. The van der Waals surface area contributed by atoms with Gasteiger partial charge in [-0.25, -0.2) is 4.79 Å². The number of benzene rings is 1. The minimum Gasteiger partial charge on any atom is -0.452 e. The van der Waals surface area contributed by atoms with Gasteiger partial charge >= 0.3 is 5.97 Å². The molecule has 1 aromatic carbocycles. The van der Waals surface area contributed by atoms with Gasteiger partial charge in [-0.15, -0.1) is 11.3 Å². The van der Waals surface area contributed by atoms with E-state index >= 15 is 0 Å². The van der Waals surface area contributed by atoms with E-state index in [-0.39, 0.29) is 0 Å². The summed E-state index contributed by atoms with van der Waals surface area (Å²) in [6.45, 7) is -0.444. The van der Waals surface area contributed by atoms with E-state index in [1.54, 1.807) is 24.3 Å². The number of aryl methyl sites for hydroxylation is 1. The number of hydrogen-bond acceptors (Lipinski definition) is 5. The third-order valence-corrected chi connectivity index (χ3v) is 5.75. The van der Waals surface area contributed by atoms with Crippen molar-refractivity contribution < 1.29 is 19.1 Å². The Morgan fingerprint density at radius 2 is 2.00 bits per heavy atom. The molecule has 1 aliphatic carbocycles. The number of esters is 1. The number of halogens is 1. The van der Waals surface area contributed by atoms with E-state index in [2.05, 4.69) is 21.2 Å². The van der Waals surface area contributed by atoms with Crippen LogP contribution in [0.3, 0.4) is 0 Å². The highest BCUT2D eigenvalue weighted by atomic mass is 79.9. The predicted molar refractivity (Wildman–Crippen MR) is 97.9 cm³/mol. The minimum absolute atomic E-state index is 0.336. The number of fused-ring (bicyclic) bond motifs is 1. The fourth-order valence-corrected chi connectivity index (χ4v) is 4.51. The predicted octanol–water partition coefficient (Wildman–Crippen LogP) is 2.89. The second-order valence-electron chi connectivity index (χ2n) is 5.53. The lowest BCUT2D eigenvalue weighted by Crippen LogP contribution is -2.22. The van der Waals surface area contributed by atoms with E-state index in [1.807, 2.05) is 0 Å². The molecule has 2 aromatic rings. The molecule has 8 heteroatoms. The van der Waals surface area contributed by atoms with Crippen LogP contribution in [0.4, 0.5) is 5.00 Å². The van der Waals surface area contributed by atoms with Gasteiger partial charge in [0.2, 0.25) is 0 Å². The van der Waals surface area contributed by atoms with E-state index < -0.39 is 24.4 Å². The fraction of sp³-hybridized carbons (Fsp3) is 0.235. The maximum Gasteiger partial charge on any atom is 0.339 e. The molecule has 0 atom stereocenters. The largest absolute Gasteiger partial charge is 0.452 e. The first-order chi connectivity index (χ1) is 12.0. The quantitative estimate of drug-likeness (QED) is 0.723. The molecule has 0 saturated heterocycles. The number of carbonyl (C=O) groups excluding carboxylic acids is 3. The molecule has 3 rings (SSSR count). The van der Waals surface area contributed by atoms with E-state index in [0.29, 0.717) is 20.6 Å². The van der Waals surface area contributed by atoms with Crippen LogP contribution in [-0.4, -0.2) is 24.4 Å². The van der Waals surface area contributed by atoms with Crippen molar-refractivity contribution in [3.63, 3.8) is 0 Å². The average Bonchev–Trinajstić information content (AvgIpc) is 3.13. The SMILES string of the molecule is NC(=O)c1c(NC(=O)COC(=O)c2ccccc2Br)sc2c1CCC2. The molecule has 130 valence electrons. The molecule has 2 amide bonds. The number of carbonyl (C=O) groups is 3. The van der Waals surface area contributed by atoms with Crippen molar-refractivity contribution in [2.24, 2.45) is 5.73 Å². The zero-order valence-corrected chi connectivity index (χ0v) is 15.5. The third kappa shape index (κ3) is 3.74. The van der Waals surface area contributed by atoms with Crippen LogP contribution in [0.5, 0.6) is 0 Å². The number of hydrogen-bond donors (Lipinski definition) is 2. The molecule has 0 spiro atoms. The molecule has 1 aliphatic rings. The van der Waals surface area contributed by atoms with E-state index in [1.165, 1.54) is 11.3 Å². The van der Waals surface area contributed by atoms with E-state index in [9.17, 15) is 14.4 Å². The van der Waals surface area contributed by atoms with Crippen molar-refractivity contribution in [1.29, 1.82) is 0 Å². The molecule has 25 heavy (non-hydrogen) atoms. The third-order valence-electron chi connectivity index (χ3n) is 3.85. The molecule has 1 heterocycles. The number of thiophene rings is 1. The van der Waals surface area contributed by atoms with Crippen LogP contribution >= 0.6 is 27.3 Å². The molecule has 0 unspecified atom stereocenters. The van der Waals surface area contributed by atoms with Gasteiger partial charge in [0.05, 0.1) is 11.1 Å². The Bertz CT molecular complexity index is 862. The van der Waals surface area contributed by atoms with Gasteiger partial charge < -0.3 is 15.8 Å². The first-order valence-electron chi connectivity index (χ1n) is 7.63. The van der Waals surface area contributed by atoms with Gasteiger partial charge in [-0.3, -0.25) is 9.59 Å². The van der Waals surface area contributed by atoms with Gasteiger partial charge in [0.25, 0.3) is 11.8 Å². The summed E-state index contributed by atoms with van der Waals surface area (Å²) in [4.78, 5) is 36.9. The van der Waals surface area contributed by atoms with E-state index in [0.717, 1.165) is 29.7 Å². The van der Waals surface area contributed by atoms with Crippen LogP contribution in [0.2, 0.25) is 0 Å². The molecule has 0 saturated carbocycles. The lowest BCUT2D eigenvalue weighted by Gasteiger charge is -2.08. The Kier molecular flexibility index (Phi) is 5.19. The summed E-state index contributed by atoms with van der Waals surface area (Å²) in [7, 11) is 0. The summed E-state index contributed by atoms with van der Waals surface area (Å²) in [5.74, 6) is -1.67. The lowest BCUT2D eigenvalue weighted by molar-refractivity contribution is -0.119. The van der Waals surface area contributed by atoms with Crippen LogP contribution in [0, 0.1) is 0 Å². The highest BCUT2D eigenvalue weighted by molar-refractivity contribution is 9.10. The number of nitrogens with one attached hydrogen (secondary N) is 1. The smallest absolute Gasteiger partial charge is 0.339 e. The van der Waals surface area contributed by atoms with Crippen LogP contribution < -0.4 is 11.1 Å². The van der Waals surface area contributed by atoms with Crippen molar-refractivity contribution in [1.82, 2.24) is 0 Å². The Balaban J connectivity index is 1.65. The summed E-state index contributed by atoms with van der Waals surface area (Å²) in [6, 6.07) is 6.78. The molecule has 0 bridgehead atoms. The second-order valence-corrected chi connectivity index (χ2v) is 7.49. The number of amides is 2. The van der Waals surface area contributed by atoms with Crippen LogP contribution in [0.1, 0.15) is 37.6 Å². The monoisotopic (exact) mass is 422 g/mol. The Morgan fingerprint density at radius 3 is 2.72 bits per heavy atom. The Labute approximate surface area is 156 Å². The number of rotatable bonds is 5. The fourth-order valence-electron chi connectivity index (χ4n) is 2.75. The topological polar surface area (TPSA) is 98.5 Å². The summed E-state index contributed by atoms with van der Waals surface area (Å²) in [6.07, 6.45) is 2.66. The van der Waals surface area contributed by atoms with Crippen molar-refractivity contribution in [3.05, 3.63) is 50.3 Å². The first kappa shape index (κ1) is 17.6. The number of ether oxygens (including phenoxy) is 1. The van der Waals surface area contributed by atoms with Crippen LogP contribution in [-0.2, 0) is 22.4 Å². The van der Waals surface area contributed by atoms with Gasteiger partial charge in [-0.2, -0.15) is 0 Å². The van der Waals surface area contributed by atoms with Crippen molar-refractivity contribution in [2.45, 2.75) is 19.3 Å². The van der Waals surface area contributed by atoms with Gasteiger partial charge in [0.1, 0.15) is 5.00 Å². The summed E-state index contributed by atoms with van der Waals surface area (Å²) < 4.78 is 5.62. The molecule has 3 N–H and O–H groups in total. The highest BCUT2D eigenvalue weighted by Crippen LogP contribution is 2.38. The Hall–Kier alpha value is -2.19. The van der Waals surface area contributed by atoms with Gasteiger partial charge in [-0.1, -0.05) is 12.1 Å². The molecule has 6 nitrogen and oxygen atoms in total. The number of anilines is 1. The average molecular weight is 423 g/mol. The minimum atomic E-state index is -0.605. The summed E-state index contributed by atoms with van der Waals surface area (Å²) >= 11 is 4.61. The maximum absolute atomic E-state index is 12.1.